The Labute approximate surface area is 103 Å². The second kappa shape index (κ2) is 5.75. The van der Waals surface area contributed by atoms with E-state index in [1.165, 1.54) is 14.2 Å². The van der Waals surface area contributed by atoms with Crippen LogP contribution in [0.4, 0.5) is 0 Å². The molecule has 0 fully saturated rings. The number of methoxy groups -OCH3 is 2. The Morgan fingerprint density at radius 3 is 2.31 bits per heavy atom. The van der Waals surface area contributed by atoms with Gasteiger partial charge in [-0.2, -0.15) is 0 Å². The summed E-state index contributed by atoms with van der Waals surface area (Å²) in [6.07, 6.45) is 0. The van der Waals surface area contributed by atoms with Crippen molar-refractivity contribution in [1.82, 2.24) is 0 Å². The van der Waals surface area contributed by atoms with Crippen LogP contribution in [-0.2, 0) is 4.74 Å². The number of carbonyl (C=O) groups is 1. The van der Waals surface area contributed by atoms with Crippen LogP contribution in [0, 0.1) is 0 Å². The summed E-state index contributed by atoms with van der Waals surface area (Å²) < 4.78 is 15.7. The minimum atomic E-state index is -0.393. The molecule has 5 heteroatoms. The normalized spacial score (nSPS) is 9.75. The topological polar surface area (TPSA) is 44.8 Å². The second-order valence-electron chi connectivity index (χ2n) is 2.91. The lowest BCUT2D eigenvalue weighted by Gasteiger charge is -2.11. The van der Waals surface area contributed by atoms with Gasteiger partial charge in [0, 0.05) is 4.47 Å². The van der Waals surface area contributed by atoms with Crippen LogP contribution in [0.3, 0.4) is 0 Å². The molecule has 0 saturated heterocycles. The summed E-state index contributed by atoms with van der Waals surface area (Å²) in [7, 11) is 3.05. The van der Waals surface area contributed by atoms with Gasteiger partial charge in [-0.3, -0.25) is 0 Å². The van der Waals surface area contributed by atoms with Crippen molar-refractivity contribution in [1.29, 1.82) is 0 Å². The zero-order chi connectivity index (χ0) is 12.1. The molecule has 0 bridgehead atoms. The molecule has 0 N–H and O–H groups in total. The largest absolute Gasteiger partial charge is 0.493 e. The fourth-order valence-corrected chi connectivity index (χ4v) is 1.70. The molecule has 0 aliphatic heterocycles. The minimum Gasteiger partial charge on any atom is -0.493 e. The first kappa shape index (κ1) is 12.8. The number of hydrogen-bond acceptors (Lipinski definition) is 4. The van der Waals surface area contributed by atoms with Crippen molar-refractivity contribution in [2.45, 2.75) is 6.92 Å². The van der Waals surface area contributed by atoms with Crippen LogP contribution in [0.25, 0.3) is 0 Å². The molecule has 0 radical (unpaired) electrons. The van der Waals surface area contributed by atoms with Gasteiger partial charge in [0.2, 0.25) is 0 Å². The van der Waals surface area contributed by atoms with E-state index in [4.69, 9.17) is 14.2 Å². The monoisotopic (exact) mass is 288 g/mol. The van der Waals surface area contributed by atoms with Crippen molar-refractivity contribution in [3.05, 3.63) is 22.2 Å². The number of hydrogen-bond donors (Lipinski definition) is 0. The van der Waals surface area contributed by atoms with E-state index in [2.05, 4.69) is 15.9 Å². The van der Waals surface area contributed by atoms with Crippen molar-refractivity contribution in [3.63, 3.8) is 0 Å². The first-order valence-corrected chi connectivity index (χ1v) is 5.52. The maximum atomic E-state index is 11.6. The van der Waals surface area contributed by atoms with Crippen LogP contribution >= 0.6 is 15.9 Å². The first-order valence-electron chi connectivity index (χ1n) is 4.72. The van der Waals surface area contributed by atoms with Gasteiger partial charge < -0.3 is 14.2 Å². The van der Waals surface area contributed by atoms with Crippen LogP contribution in [0.2, 0.25) is 0 Å². The van der Waals surface area contributed by atoms with Gasteiger partial charge in [0.25, 0.3) is 0 Å². The summed E-state index contributed by atoms with van der Waals surface area (Å²) >= 11 is 3.29. The smallest absolute Gasteiger partial charge is 0.339 e. The third kappa shape index (κ3) is 2.66. The average molecular weight is 289 g/mol. The highest BCUT2D eigenvalue weighted by Gasteiger charge is 2.16. The van der Waals surface area contributed by atoms with Crippen LogP contribution in [0.15, 0.2) is 16.6 Å². The summed E-state index contributed by atoms with van der Waals surface area (Å²) in [6.45, 7) is 2.09. The van der Waals surface area contributed by atoms with Crippen LogP contribution in [0.1, 0.15) is 17.3 Å². The Hall–Kier alpha value is -1.23. The first-order chi connectivity index (χ1) is 7.63. The van der Waals surface area contributed by atoms with Gasteiger partial charge in [0.15, 0.2) is 11.5 Å². The van der Waals surface area contributed by atoms with E-state index >= 15 is 0 Å². The summed E-state index contributed by atoms with van der Waals surface area (Å²) in [6, 6.07) is 3.26. The molecule has 0 aliphatic rings. The van der Waals surface area contributed by atoms with Gasteiger partial charge in [-0.15, -0.1) is 0 Å². The lowest BCUT2D eigenvalue weighted by Crippen LogP contribution is -2.06. The van der Waals surface area contributed by atoms with Crippen molar-refractivity contribution >= 4 is 21.9 Å². The lowest BCUT2D eigenvalue weighted by atomic mass is 10.2. The zero-order valence-electron chi connectivity index (χ0n) is 9.37. The van der Waals surface area contributed by atoms with E-state index < -0.39 is 5.97 Å². The quantitative estimate of drug-likeness (QED) is 0.799. The van der Waals surface area contributed by atoms with E-state index in [0.717, 1.165) is 0 Å². The average Bonchev–Trinajstić information content (AvgIpc) is 2.28. The molecule has 0 saturated carbocycles. The van der Waals surface area contributed by atoms with Gasteiger partial charge in [-0.1, -0.05) is 0 Å². The van der Waals surface area contributed by atoms with E-state index in [1.54, 1.807) is 19.1 Å². The molecule has 0 heterocycles. The molecule has 1 aromatic rings. The Bertz CT molecular complexity index is 390. The maximum Gasteiger partial charge on any atom is 0.339 e. The Kier molecular flexibility index (Phi) is 4.61. The van der Waals surface area contributed by atoms with Crippen LogP contribution in [-0.4, -0.2) is 26.8 Å². The molecule has 0 unspecified atom stereocenters. The number of rotatable bonds is 4. The molecule has 16 heavy (non-hydrogen) atoms. The highest BCUT2D eigenvalue weighted by atomic mass is 79.9. The molecule has 1 aromatic carbocycles. The number of ether oxygens (including phenoxy) is 3. The number of benzene rings is 1. The van der Waals surface area contributed by atoms with E-state index in [-0.39, 0.29) is 0 Å². The van der Waals surface area contributed by atoms with Crippen molar-refractivity contribution in [3.8, 4) is 11.5 Å². The molecular formula is C11H13BrO4. The lowest BCUT2D eigenvalue weighted by molar-refractivity contribution is 0.0525. The highest BCUT2D eigenvalue weighted by molar-refractivity contribution is 9.10. The third-order valence-corrected chi connectivity index (χ3v) is 2.62. The predicted molar refractivity (Wildman–Crippen MR) is 63.2 cm³/mol. The molecule has 0 spiro atoms. The molecule has 0 aromatic heterocycles. The van der Waals surface area contributed by atoms with Crippen molar-refractivity contribution < 1.29 is 19.0 Å². The number of esters is 1. The predicted octanol–water partition coefficient (Wildman–Crippen LogP) is 2.64. The van der Waals surface area contributed by atoms with Crippen LogP contribution in [0.5, 0.6) is 11.5 Å². The summed E-state index contributed by atoms with van der Waals surface area (Å²) in [5.74, 6) is 0.659. The molecule has 4 nitrogen and oxygen atoms in total. The van der Waals surface area contributed by atoms with Crippen molar-refractivity contribution in [2.75, 3.05) is 20.8 Å². The van der Waals surface area contributed by atoms with E-state index in [0.29, 0.717) is 28.1 Å². The second-order valence-corrected chi connectivity index (χ2v) is 3.76. The molecule has 1 rings (SSSR count). The van der Waals surface area contributed by atoms with Gasteiger partial charge in [0.05, 0.1) is 26.4 Å². The standard InChI is InChI=1S/C11H13BrO4/c1-4-16-11(13)7-5-9(14-2)10(15-3)6-8(7)12/h5-6H,4H2,1-3H3. The SMILES string of the molecule is CCOC(=O)c1cc(OC)c(OC)cc1Br. The minimum absolute atomic E-state index is 0.333. The molecule has 0 amide bonds. The van der Waals surface area contributed by atoms with Crippen molar-refractivity contribution in [2.24, 2.45) is 0 Å². The molecule has 88 valence electrons. The molecule has 0 atom stereocenters. The Morgan fingerprint density at radius 1 is 1.25 bits per heavy atom. The maximum absolute atomic E-state index is 11.6. The fraction of sp³-hybridized carbons (Fsp3) is 0.364. The summed E-state index contributed by atoms with van der Waals surface area (Å²) in [5.41, 5.74) is 0.416. The Balaban J connectivity index is 3.15. The zero-order valence-corrected chi connectivity index (χ0v) is 11.0. The fourth-order valence-electron chi connectivity index (χ4n) is 1.22. The summed E-state index contributed by atoms with van der Waals surface area (Å²) in [4.78, 5) is 11.6. The Morgan fingerprint density at radius 2 is 1.81 bits per heavy atom. The molecule has 0 aliphatic carbocycles. The third-order valence-electron chi connectivity index (χ3n) is 1.97. The van der Waals surface area contributed by atoms with Gasteiger partial charge in [-0.05, 0) is 35.0 Å². The number of halogens is 1. The van der Waals surface area contributed by atoms with Gasteiger partial charge in [-0.25, -0.2) is 4.79 Å². The van der Waals surface area contributed by atoms with Gasteiger partial charge in [0.1, 0.15) is 0 Å². The number of carbonyl (C=O) groups excluding carboxylic acids is 1. The van der Waals surface area contributed by atoms with Gasteiger partial charge >= 0.3 is 5.97 Å². The van der Waals surface area contributed by atoms with E-state index in [1.807, 2.05) is 0 Å². The summed E-state index contributed by atoms with van der Waals surface area (Å²) in [5, 5.41) is 0. The molecular weight excluding hydrogens is 276 g/mol. The van der Waals surface area contributed by atoms with Crippen LogP contribution < -0.4 is 9.47 Å². The van der Waals surface area contributed by atoms with E-state index in [9.17, 15) is 4.79 Å². The highest BCUT2D eigenvalue weighted by Crippen LogP contribution is 2.33.